The van der Waals surface area contributed by atoms with Crippen LogP contribution in [0.5, 0.6) is 0 Å². The summed E-state index contributed by atoms with van der Waals surface area (Å²) in [5.41, 5.74) is 1.37. The lowest BCUT2D eigenvalue weighted by atomic mass is 10.1. The number of nitrogens with one attached hydrogen (secondary N) is 1. The van der Waals surface area contributed by atoms with Gasteiger partial charge < -0.3 is 14.8 Å². The quantitative estimate of drug-likeness (QED) is 0.782. The molecule has 0 saturated heterocycles. The van der Waals surface area contributed by atoms with Gasteiger partial charge in [0.05, 0.1) is 18.6 Å². The Hall–Kier alpha value is -1.88. The molecule has 0 bridgehead atoms. The molecule has 0 aliphatic heterocycles. The van der Waals surface area contributed by atoms with Gasteiger partial charge in [0.25, 0.3) is 5.91 Å². The van der Waals surface area contributed by atoms with Crippen molar-refractivity contribution in [2.75, 3.05) is 13.7 Å². The summed E-state index contributed by atoms with van der Waals surface area (Å²) < 4.78 is 10.2. The van der Waals surface area contributed by atoms with Crippen LogP contribution in [0.25, 0.3) is 0 Å². The first kappa shape index (κ1) is 17.2. The minimum absolute atomic E-state index is 0.155. The molecule has 0 radical (unpaired) electrons. The summed E-state index contributed by atoms with van der Waals surface area (Å²) in [7, 11) is 1.58. The van der Waals surface area contributed by atoms with E-state index in [0.717, 1.165) is 5.56 Å². The van der Waals surface area contributed by atoms with Gasteiger partial charge in [-0.3, -0.25) is 9.59 Å². The summed E-state index contributed by atoms with van der Waals surface area (Å²) in [6.45, 7) is 5.93. The van der Waals surface area contributed by atoms with E-state index < -0.39 is 0 Å². The van der Waals surface area contributed by atoms with Gasteiger partial charge in [-0.05, 0) is 25.5 Å². The molecule has 0 aromatic heterocycles. The largest absolute Gasteiger partial charge is 0.463 e. The summed E-state index contributed by atoms with van der Waals surface area (Å²) in [6.07, 6.45) is -0.155. The summed E-state index contributed by atoms with van der Waals surface area (Å²) in [5, 5.41) is 2.76. The van der Waals surface area contributed by atoms with Gasteiger partial charge >= 0.3 is 5.97 Å². The molecule has 21 heavy (non-hydrogen) atoms. The Balaban J connectivity index is 2.60. The average molecular weight is 293 g/mol. The highest BCUT2D eigenvalue weighted by Crippen LogP contribution is 2.10. The predicted molar refractivity (Wildman–Crippen MR) is 79.9 cm³/mol. The monoisotopic (exact) mass is 293 g/mol. The second kappa shape index (κ2) is 8.42. The van der Waals surface area contributed by atoms with Crippen molar-refractivity contribution in [3.05, 3.63) is 35.4 Å². The van der Waals surface area contributed by atoms with E-state index in [-0.39, 0.29) is 30.4 Å². The van der Waals surface area contributed by atoms with E-state index in [0.29, 0.717) is 12.2 Å². The highest BCUT2D eigenvalue weighted by Gasteiger charge is 2.18. The lowest BCUT2D eigenvalue weighted by Crippen LogP contribution is -2.33. The van der Waals surface area contributed by atoms with Gasteiger partial charge in [-0.2, -0.15) is 0 Å². The lowest BCUT2D eigenvalue weighted by molar-refractivity contribution is -0.151. The Morgan fingerprint density at radius 2 is 1.86 bits per heavy atom. The molecule has 1 atom stereocenters. The van der Waals surface area contributed by atoms with Crippen molar-refractivity contribution in [1.29, 1.82) is 0 Å². The SMILES string of the molecule is COCc1ccccc1C(=O)NC[C@H](C)C(=O)OC(C)C. The molecule has 0 saturated carbocycles. The molecule has 0 aliphatic rings. The number of hydrogen-bond donors (Lipinski definition) is 1. The minimum Gasteiger partial charge on any atom is -0.463 e. The van der Waals surface area contributed by atoms with Gasteiger partial charge in [0.2, 0.25) is 0 Å². The first-order valence-electron chi connectivity index (χ1n) is 7.01. The molecule has 0 fully saturated rings. The molecule has 0 aliphatic carbocycles. The van der Waals surface area contributed by atoms with E-state index in [9.17, 15) is 9.59 Å². The second-order valence-electron chi connectivity index (χ2n) is 5.19. The van der Waals surface area contributed by atoms with Gasteiger partial charge in [-0.15, -0.1) is 0 Å². The number of esters is 1. The Morgan fingerprint density at radius 3 is 2.48 bits per heavy atom. The number of amides is 1. The summed E-state index contributed by atoms with van der Waals surface area (Å²) in [5.74, 6) is -0.909. The maximum absolute atomic E-state index is 12.2. The van der Waals surface area contributed by atoms with E-state index in [1.165, 1.54) is 0 Å². The molecule has 1 aromatic rings. The van der Waals surface area contributed by atoms with Crippen LogP contribution in [0.3, 0.4) is 0 Å². The third-order valence-corrected chi connectivity index (χ3v) is 2.88. The number of methoxy groups -OCH3 is 1. The number of hydrogen-bond acceptors (Lipinski definition) is 4. The van der Waals surface area contributed by atoms with Crippen LogP contribution in [0.4, 0.5) is 0 Å². The standard InChI is InChI=1S/C16H23NO4/c1-11(2)21-16(19)12(3)9-17-15(18)14-8-6-5-7-13(14)10-20-4/h5-8,11-12H,9-10H2,1-4H3,(H,17,18)/t12-/m0/s1. The zero-order valence-corrected chi connectivity index (χ0v) is 13.0. The molecule has 1 rings (SSSR count). The Bertz CT molecular complexity index is 485. The summed E-state index contributed by atoms with van der Waals surface area (Å²) in [6, 6.07) is 7.23. The fraction of sp³-hybridized carbons (Fsp3) is 0.500. The fourth-order valence-electron chi connectivity index (χ4n) is 1.80. The first-order chi connectivity index (χ1) is 9.95. The number of carbonyl (C=O) groups is 2. The maximum atomic E-state index is 12.2. The fourth-order valence-corrected chi connectivity index (χ4v) is 1.80. The molecule has 0 spiro atoms. The number of rotatable bonds is 7. The highest BCUT2D eigenvalue weighted by atomic mass is 16.5. The van der Waals surface area contributed by atoms with Crippen LogP contribution in [-0.2, 0) is 20.9 Å². The normalized spacial score (nSPS) is 12.0. The van der Waals surface area contributed by atoms with Crippen LogP contribution >= 0.6 is 0 Å². The van der Waals surface area contributed by atoms with Crippen LogP contribution in [0.15, 0.2) is 24.3 Å². The third kappa shape index (κ3) is 5.55. The Kier molecular flexibility index (Phi) is 6.88. The predicted octanol–water partition coefficient (Wildman–Crippen LogP) is 2.15. The van der Waals surface area contributed by atoms with E-state index >= 15 is 0 Å². The van der Waals surface area contributed by atoms with Crippen molar-refractivity contribution in [2.45, 2.75) is 33.5 Å². The maximum Gasteiger partial charge on any atom is 0.310 e. The van der Waals surface area contributed by atoms with Crippen molar-refractivity contribution < 1.29 is 19.1 Å². The highest BCUT2D eigenvalue weighted by molar-refractivity contribution is 5.95. The van der Waals surface area contributed by atoms with Gasteiger partial charge in [0.15, 0.2) is 0 Å². The number of carbonyl (C=O) groups excluding carboxylic acids is 2. The van der Waals surface area contributed by atoms with Crippen molar-refractivity contribution in [3.63, 3.8) is 0 Å². The molecular weight excluding hydrogens is 270 g/mol. The minimum atomic E-state index is -0.383. The van der Waals surface area contributed by atoms with Crippen molar-refractivity contribution in [3.8, 4) is 0 Å². The molecular formula is C16H23NO4. The summed E-state index contributed by atoms with van der Waals surface area (Å²) in [4.78, 5) is 23.8. The molecule has 116 valence electrons. The van der Waals surface area contributed by atoms with Crippen LogP contribution in [0.1, 0.15) is 36.7 Å². The Labute approximate surface area is 125 Å². The van der Waals surface area contributed by atoms with E-state index in [1.807, 2.05) is 12.1 Å². The molecule has 1 aromatic carbocycles. The van der Waals surface area contributed by atoms with E-state index in [1.54, 1.807) is 40.0 Å². The molecule has 0 heterocycles. The van der Waals surface area contributed by atoms with Gasteiger partial charge in [0, 0.05) is 19.2 Å². The van der Waals surface area contributed by atoms with Gasteiger partial charge in [-0.25, -0.2) is 0 Å². The van der Waals surface area contributed by atoms with Crippen LogP contribution in [0.2, 0.25) is 0 Å². The topological polar surface area (TPSA) is 64.6 Å². The van der Waals surface area contributed by atoms with Crippen LogP contribution in [0, 0.1) is 5.92 Å². The van der Waals surface area contributed by atoms with Crippen molar-refractivity contribution in [2.24, 2.45) is 5.92 Å². The molecule has 1 N–H and O–H groups in total. The van der Waals surface area contributed by atoms with Gasteiger partial charge in [0.1, 0.15) is 0 Å². The number of ether oxygens (including phenoxy) is 2. The molecule has 0 unspecified atom stereocenters. The molecule has 5 heteroatoms. The third-order valence-electron chi connectivity index (χ3n) is 2.88. The van der Waals surface area contributed by atoms with Crippen LogP contribution < -0.4 is 5.32 Å². The van der Waals surface area contributed by atoms with E-state index in [4.69, 9.17) is 9.47 Å². The van der Waals surface area contributed by atoms with E-state index in [2.05, 4.69) is 5.32 Å². The Morgan fingerprint density at radius 1 is 1.19 bits per heavy atom. The van der Waals surface area contributed by atoms with Crippen molar-refractivity contribution in [1.82, 2.24) is 5.32 Å². The van der Waals surface area contributed by atoms with Crippen molar-refractivity contribution >= 4 is 11.9 Å². The van der Waals surface area contributed by atoms with Crippen LogP contribution in [-0.4, -0.2) is 31.6 Å². The zero-order chi connectivity index (χ0) is 15.8. The molecule has 1 amide bonds. The second-order valence-corrected chi connectivity index (χ2v) is 5.19. The lowest BCUT2D eigenvalue weighted by Gasteiger charge is -2.15. The molecule has 5 nitrogen and oxygen atoms in total. The average Bonchev–Trinajstić information content (AvgIpc) is 2.44. The number of benzene rings is 1. The smallest absolute Gasteiger partial charge is 0.310 e. The zero-order valence-electron chi connectivity index (χ0n) is 13.0. The van der Waals surface area contributed by atoms with Gasteiger partial charge in [-0.1, -0.05) is 25.1 Å². The summed E-state index contributed by atoms with van der Waals surface area (Å²) >= 11 is 0. The first-order valence-corrected chi connectivity index (χ1v) is 7.01.